The van der Waals surface area contributed by atoms with Crippen molar-refractivity contribution in [3.63, 3.8) is 0 Å². The topological polar surface area (TPSA) is 80.6 Å². The first-order valence-electron chi connectivity index (χ1n) is 6.77. The molecule has 0 saturated heterocycles. The highest BCUT2D eigenvalue weighted by Crippen LogP contribution is 2.15. The molecule has 0 spiro atoms. The number of benzene rings is 1. The molecule has 1 aromatic heterocycles. The maximum atomic E-state index is 11.6. The summed E-state index contributed by atoms with van der Waals surface area (Å²) in [7, 11) is 3.06. The van der Waals surface area contributed by atoms with E-state index in [4.69, 9.17) is 0 Å². The van der Waals surface area contributed by atoms with Gasteiger partial charge in [0.1, 0.15) is 11.7 Å². The van der Waals surface area contributed by atoms with Crippen LogP contribution in [0.1, 0.15) is 27.7 Å². The second-order valence-corrected chi connectivity index (χ2v) is 4.90. The maximum Gasteiger partial charge on any atom is 0.354 e. The Kier molecular flexibility index (Phi) is 4.95. The van der Waals surface area contributed by atoms with Gasteiger partial charge in [-0.05, 0) is 17.2 Å². The van der Waals surface area contributed by atoms with Crippen LogP contribution in [-0.4, -0.2) is 28.7 Å². The molecule has 0 aliphatic heterocycles. The number of rotatable bonds is 6. The van der Waals surface area contributed by atoms with Crippen LogP contribution >= 0.6 is 0 Å². The second-order valence-electron chi connectivity index (χ2n) is 4.90. The van der Waals surface area contributed by atoms with Gasteiger partial charge >= 0.3 is 11.9 Å². The molecule has 0 amide bonds. The lowest BCUT2D eigenvalue weighted by Gasteiger charge is -2.14. The van der Waals surface area contributed by atoms with E-state index in [0.717, 1.165) is 5.56 Å². The number of nitrogens with one attached hydrogen (secondary N) is 1. The van der Waals surface area contributed by atoms with Crippen LogP contribution in [0.25, 0.3) is 0 Å². The number of hydrogen-bond donors (Lipinski definition) is 2. The molecule has 0 fully saturated rings. The van der Waals surface area contributed by atoms with Gasteiger partial charge in [0.15, 0.2) is 0 Å². The van der Waals surface area contributed by atoms with Gasteiger partial charge < -0.3 is 14.4 Å². The quantitative estimate of drug-likeness (QED) is 0.794. The molecule has 2 N–H and O–H groups in total. The van der Waals surface area contributed by atoms with Crippen LogP contribution in [0.4, 0.5) is 0 Å². The number of hydrogen-bond acceptors (Lipinski definition) is 4. The Morgan fingerprint density at radius 2 is 2.00 bits per heavy atom. The molecule has 1 atom stereocenters. The summed E-state index contributed by atoms with van der Waals surface area (Å²) in [6, 6.07) is 9.83. The molecule has 6 heteroatoms. The Balaban J connectivity index is 2.11. The average molecular weight is 302 g/mol. The van der Waals surface area contributed by atoms with E-state index in [0.29, 0.717) is 17.8 Å². The number of carbonyl (C=O) groups is 2. The van der Waals surface area contributed by atoms with Gasteiger partial charge in [0.25, 0.3) is 0 Å². The highest BCUT2D eigenvalue weighted by Gasteiger charge is 2.19. The Labute approximate surface area is 128 Å². The van der Waals surface area contributed by atoms with Gasteiger partial charge in [-0.25, -0.2) is 4.79 Å². The fraction of sp³-hybridized carbons (Fsp3) is 0.250. The highest BCUT2D eigenvalue weighted by atomic mass is 16.5. The van der Waals surface area contributed by atoms with E-state index in [-0.39, 0.29) is 0 Å². The molecule has 0 aliphatic rings. The minimum atomic E-state index is -0.949. The first-order valence-corrected chi connectivity index (χ1v) is 6.77. The average Bonchev–Trinajstić information content (AvgIpc) is 2.88. The van der Waals surface area contributed by atoms with E-state index < -0.39 is 18.0 Å². The van der Waals surface area contributed by atoms with Crippen molar-refractivity contribution >= 4 is 11.9 Å². The van der Waals surface area contributed by atoms with E-state index in [9.17, 15) is 14.7 Å². The third-order valence-electron chi connectivity index (χ3n) is 3.35. The summed E-state index contributed by atoms with van der Waals surface area (Å²) in [5.74, 6) is -1.37. The monoisotopic (exact) mass is 302 g/mol. The predicted molar refractivity (Wildman–Crippen MR) is 80.4 cm³/mol. The summed E-state index contributed by atoms with van der Waals surface area (Å²) in [4.78, 5) is 23.0. The van der Waals surface area contributed by atoms with Gasteiger partial charge in [0, 0.05) is 19.8 Å². The number of carbonyl (C=O) groups excluding carboxylic acids is 1. The largest absolute Gasteiger partial charge is 0.480 e. The van der Waals surface area contributed by atoms with Gasteiger partial charge in [-0.2, -0.15) is 0 Å². The third kappa shape index (κ3) is 3.53. The molecule has 0 radical (unpaired) electrons. The van der Waals surface area contributed by atoms with Gasteiger partial charge in [-0.3, -0.25) is 10.1 Å². The fourth-order valence-electron chi connectivity index (χ4n) is 2.25. The number of carboxylic acids is 1. The molecule has 1 aromatic carbocycles. The second kappa shape index (κ2) is 6.91. The van der Waals surface area contributed by atoms with Crippen LogP contribution in [-0.2, 0) is 23.1 Å². The summed E-state index contributed by atoms with van der Waals surface area (Å²) in [5, 5.41) is 12.3. The summed E-state index contributed by atoms with van der Waals surface area (Å²) >= 11 is 0. The van der Waals surface area contributed by atoms with Crippen LogP contribution < -0.4 is 5.32 Å². The fourth-order valence-corrected chi connectivity index (χ4v) is 2.25. The maximum absolute atomic E-state index is 11.6. The molecule has 2 rings (SSSR count). The number of carboxylic acid groups (broad SMARTS) is 1. The van der Waals surface area contributed by atoms with E-state index in [2.05, 4.69) is 10.1 Å². The van der Waals surface area contributed by atoms with Crippen molar-refractivity contribution < 1.29 is 19.4 Å². The van der Waals surface area contributed by atoms with Crippen molar-refractivity contribution in [2.24, 2.45) is 7.05 Å². The summed E-state index contributed by atoms with van der Waals surface area (Å²) in [6.07, 6.45) is 1.77. The van der Waals surface area contributed by atoms with Crippen LogP contribution in [0.3, 0.4) is 0 Å². The highest BCUT2D eigenvalue weighted by molar-refractivity contribution is 5.87. The summed E-state index contributed by atoms with van der Waals surface area (Å²) in [6.45, 7) is 0.330. The lowest BCUT2D eigenvalue weighted by Crippen LogP contribution is -2.27. The number of methoxy groups -OCH3 is 1. The smallest absolute Gasteiger partial charge is 0.354 e. The van der Waals surface area contributed by atoms with Crippen molar-refractivity contribution in [1.82, 2.24) is 9.88 Å². The van der Waals surface area contributed by atoms with Crippen molar-refractivity contribution in [1.29, 1.82) is 0 Å². The first-order chi connectivity index (χ1) is 10.5. The van der Waals surface area contributed by atoms with Crippen molar-refractivity contribution in [3.05, 3.63) is 59.4 Å². The summed E-state index contributed by atoms with van der Waals surface area (Å²) in [5.41, 5.74) is 1.91. The van der Waals surface area contributed by atoms with Crippen LogP contribution in [0.15, 0.2) is 42.6 Å². The molecule has 0 saturated carbocycles. The Morgan fingerprint density at radius 3 is 2.59 bits per heavy atom. The van der Waals surface area contributed by atoms with Crippen molar-refractivity contribution in [3.8, 4) is 0 Å². The Morgan fingerprint density at radius 1 is 1.32 bits per heavy atom. The zero-order valence-electron chi connectivity index (χ0n) is 12.4. The molecule has 116 valence electrons. The zero-order chi connectivity index (χ0) is 16.1. The van der Waals surface area contributed by atoms with Gasteiger partial charge in [0.05, 0.1) is 7.11 Å². The van der Waals surface area contributed by atoms with Gasteiger partial charge in [-0.15, -0.1) is 0 Å². The molecule has 0 bridgehead atoms. The number of aliphatic carboxylic acids is 1. The molecule has 2 aromatic rings. The SMILES string of the molecule is COC(=O)c1cc(CN[C@H](C(=O)O)c2ccccc2)cn1C. The summed E-state index contributed by atoms with van der Waals surface area (Å²) < 4.78 is 6.34. The van der Waals surface area contributed by atoms with Gasteiger partial charge in [-0.1, -0.05) is 30.3 Å². The van der Waals surface area contributed by atoms with Crippen LogP contribution in [0.5, 0.6) is 0 Å². The number of aromatic nitrogens is 1. The first kappa shape index (κ1) is 15.8. The molecule has 6 nitrogen and oxygen atoms in total. The van der Waals surface area contributed by atoms with E-state index >= 15 is 0 Å². The minimum absolute atomic E-state index is 0.330. The zero-order valence-corrected chi connectivity index (χ0v) is 12.4. The molecular formula is C16H18N2O4. The van der Waals surface area contributed by atoms with E-state index in [1.54, 1.807) is 48.1 Å². The van der Waals surface area contributed by atoms with E-state index in [1.807, 2.05) is 6.07 Å². The minimum Gasteiger partial charge on any atom is -0.480 e. The lowest BCUT2D eigenvalue weighted by molar-refractivity contribution is -0.139. The Hall–Kier alpha value is -2.60. The lowest BCUT2D eigenvalue weighted by atomic mass is 10.1. The van der Waals surface area contributed by atoms with Crippen LogP contribution in [0, 0.1) is 0 Å². The molecule has 0 unspecified atom stereocenters. The number of esters is 1. The van der Waals surface area contributed by atoms with Gasteiger partial charge in [0.2, 0.25) is 0 Å². The van der Waals surface area contributed by atoms with Crippen molar-refractivity contribution in [2.45, 2.75) is 12.6 Å². The third-order valence-corrected chi connectivity index (χ3v) is 3.35. The number of nitrogens with zero attached hydrogens (tertiary/aromatic N) is 1. The Bertz CT molecular complexity index is 664. The predicted octanol–water partition coefficient (Wildman–Crippen LogP) is 1.73. The standard InChI is InChI=1S/C16H18N2O4/c1-18-10-11(8-13(18)16(21)22-2)9-17-14(15(19)20)12-6-4-3-5-7-12/h3-8,10,14,17H,9H2,1-2H3,(H,19,20)/t14-/m0/s1. The molecule has 1 heterocycles. The molecule has 0 aliphatic carbocycles. The number of ether oxygens (including phenoxy) is 1. The number of aryl methyl sites for hydroxylation is 1. The van der Waals surface area contributed by atoms with Crippen molar-refractivity contribution in [2.75, 3.05) is 7.11 Å². The van der Waals surface area contributed by atoms with E-state index in [1.165, 1.54) is 7.11 Å². The molecule has 22 heavy (non-hydrogen) atoms. The molecular weight excluding hydrogens is 284 g/mol. The normalized spacial score (nSPS) is 11.9. The van der Waals surface area contributed by atoms with Crippen LogP contribution in [0.2, 0.25) is 0 Å².